The molecule has 2 atom stereocenters. The second-order valence-corrected chi connectivity index (χ2v) is 7.77. The zero-order valence-electron chi connectivity index (χ0n) is 14.7. The van der Waals surface area contributed by atoms with Crippen molar-refractivity contribution in [1.29, 1.82) is 0 Å². The number of nitrogens with zero attached hydrogens (tertiary/aromatic N) is 1. The van der Waals surface area contributed by atoms with Crippen molar-refractivity contribution in [3.63, 3.8) is 0 Å². The summed E-state index contributed by atoms with van der Waals surface area (Å²) in [5.41, 5.74) is 8.16. The summed E-state index contributed by atoms with van der Waals surface area (Å²) < 4.78 is 0. The predicted octanol–water partition coefficient (Wildman–Crippen LogP) is 4.32. The van der Waals surface area contributed by atoms with E-state index in [0.717, 1.165) is 37.1 Å². The molecule has 1 aliphatic rings. The van der Waals surface area contributed by atoms with Gasteiger partial charge < -0.3 is 10.6 Å². The summed E-state index contributed by atoms with van der Waals surface area (Å²) in [6.45, 7) is 2.81. The minimum atomic E-state index is 0.0185. The molecule has 0 spiro atoms. The Kier molecular flexibility index (Phi) is 6.16. The van der Waals surface area contributed by atoms with Gasteiger partial charge in [0.15, 0.2) is 0 Å². The number of carbonyl (C=O) groups is 1. The highest BCUT2D eigenvalue weighted by Gasteiger charge is 2.29. The van der Waals surface area contributed by atoms with Crippen LogP contribution in [-0.4, -0.2) is 29.4 Å². The average molecular weight is 355 g/mol. The van der Waals surface area contributed by atoms with Crippen molar-refractivity contribution in [3.05, 3.63) is 65.7 Å². The minimum absolute atomic E-state index is 0.0185. The Morgan fingerprint density at radius 3 is 2.56 bits per heavy atom. The lowest BCUT2D eigenvalue weighted by Gasteiger charge is -2.38. The maximum atomic E-state index is 12.9. The number of carbonyl (C=O) groups excluding carboxylic acids is 1. The summed E-state index contributed by atoms with van der Waals surface area (Å²) in [5.74, 6) is 1.05. The van der Waals surface area contributed by atoms with E-state index in [9.17, 15) is 4.79 Å². The Labute approximate surface area is 154 Å². The van der Waals surface area contributed by atoms with Gasteiger partial charge in [-0.1, -0.05) is 30.3 Å². The first-order valence-electron chi connectivity index (χ1n) is 8.98. The molecule has 2 aromatic rings. The van der Waals surface area contributed by atoms with Crippen LogP contribution < -0.4 is 5.73 Å². The molecule has 0 bridgehead atoms. The van der Waals surface area contributed by atoms with Crippen LogP contribution in [0.25, 0.3) is 0 Å². The van der Waals surface area contributed by atoms with Crippen LogP contribution in [0.1, 0.15) is 42.1 Å². The first kappa shape index (κ1) is 18.0. The molecule has 2 aromatic carbocycles. The number of thioether (sulfide) groups is 1. The molecule has 1 aliphatic heterocycles. The monoisotopic (exact) mass is 354 g/mol. The fraction of sp³-hybridized carbons (Fsp3) is 0.381. The van der Waals surface area contributed by atoms with E-state index >= 15 is 0 Å². The molecular weight excluding hydrogens is 328 g/mol. The number of hydrogen-bond donors (Lipinski definition) is 1. The van der Waals surface area contributed by atoms with Gasteiger partial charge in [0, 0.05) is 34.8 Å². The third kappa shape index (κ3) is 4.65. The van der Waals surface area contributed by atoms with E-state index in [4.69, 9.17) is 5.73 Å². The molecule has 0 aromatic heterocycles. The van der Waals surface area contributed by atoms with Crippen molar-refractivity contribution in [2.75, 3.05) is 6.54 Å². The fourth-order valence-corrected chi connectivity index (χ4v) is 4.21. The van der Waals surface area contributed by atoms with Crippen LogP contribution in [0.3, 0.4) is 0 Å². The molecule has 1 amide bonds. The van der Waals surface area contributed by atoms with Crippen LogP contribution in [-0.2, 0) is 5.75 Å². The van der Waals surface area contributed by atoms with Gasteiger partial charge in [-0.15, -0.1) is 11.8 Å². The van der Waals surface area contributed by atoms with E-state index in [1.165, 1.54) is 10.5 Å². The fourth-order valence-electron chi connectivity index (χ4n) is 3.36. The summed E-state index contributed by atoms with van der Waals surface area (Å²) >= 11 is 1.79. The lowest BCUT2D eigenvalue weighted by Crippen LogP contribution is -2.51. The largest absolute Gasteiger partial charge is 0.334 e. The molecular formula is C21H26N2OS. The van der Waals surface area contributed by atoms with E-state index in [0.29, 0.717) is 0 Å². The zero-order valence-corrected chi connectivity index (χ0v) is 15.5. The normalized spacial score (nSPS) is 18.8. The Morgan fingerprint density at radius 2 is 1.88 bits per heavy atom. The van der Waals surface area contributed by atoms with E-state index in [-0.39, 0.29) is 18.0 Å². The van der Waals surface area contributed by atoms with Gasteiger partial charge in [-0.25, -0.2) is 0 Å². The maximum Gasteiger partial charge on any atom is 0.254 e. The van der Waals surface area contributed by atoms with Crippen LogP contribution in [0.15, 0.2) is 59.5 Å². The number of amides is 1. The first-order valence-corrected chi connectivity index (χ1v) is 9.97. The van der Waals surface area contributed by atoms with Gasteiger partial charge in [-0.2, -0.15) is 0 Å². The lowest BCUT2D eigenvalue weighted by molar-refractivity contribution is 0.0584. The second-order valence-electron chi connectivity index (χ2n) is 6.72. The van der Waals surface area contributed by atoms with Gasteiger partial charge in [0.1, 0.15) is 0 Å². The number of piperidine rings is 1. The Balaban J connectivity index is 1.64. The molecule has 3 nitrogen and oxygen atoms in total. The quantitative estimate of drug-likeness (QED) is 0.813. The molecule has 0 saturated carbocycles. The molecule has 1 saturated heterocycles. The van der Waals surface area contributed by atoms with Gasteiger partial charge in [0.25, 0.3) is 5.91 Å². The van der Waals surface area contributed by atoms with Gasteiger partial charge in [-0.05, 0) is 56.0 Å². The molecule has 3 rings (SSSR count). The SMILES string of the molecule is CC(N)C1CCCCN1C(=O)c1ccc(SCc2ccccc2)cc1. The highest BCUT2D eigenvalue weighted by molar-refractivity contribution is 7.98. The Bertz CT molecular complexity index is 685. The Hall–Kier alpha value is -1.78. The zero-order chi connectivity index (χ0) is 17.6. The van der Waals surface area contributed by atoms with Crippen molar-refractivity contribution in [1.82, 2.24) is 4.90 Å². The van der Waals surface area contributed by atoms with E-state index < -0.39 is 0 Å². The number of nitrogens with two attached hydrogens (primary N) is 1. The standard InChI is InChI=1S/C21H26N2OS/c1-16(22)20-9-5-6-14-23(20)21(24)18-10-12-19(13-11-18)25-15-17-7-3-2-4-8-17/h2-4,7-8,10-13,16,20H,5-6,9,14-15,22H2,1H3. The number of rotatable bonds is 5. The molecule has 0 aliphatic carbocycles. The number of likely N-dealkylation sites (tertiary alicyclic amines) is 1. The van der Waals surface area contributed by atoms with E-state index in [1.807, 2.05) is 42.2 Å². The molecule has 132 valence electrons. The molecule has 25 heavy (non-hydrogen) atoms. The first-order chi connectivity index (χ1) is 12.1. The van der Waals surface area contributed by atoms with Crippen LogP contribution in [0.2, 0.25) is 0 Å². The van der Waals surface area contributed by atoms with Crippen molar-refractivity contribution in [2.45, 2.75) is 48.9 Å². The van der Waals surface area contributed by atoms with Gasteiger partial charge in [0.2, 0.25) is 0 Å². The third-order valence-corrected chi connectivity index (χ3v) is 5.85. The smallest absolute Gasteiger partial charge is 0.254 e. The number of benzene rings is 2. The van der Waals surface area contributed by atoms with Crippen molar-refractivity contribution in [2.24, 2.45) is 5.73 Å². The summed E-state index contributed by atoms with van der Waals surface area (Å²) in [6, 6.07) is 18.6. The molecule has 1 fully saturated rings. The summed E-state index contributed by atoms with van der Waals surface area (Å²) in [5, 5.41) is 0. The van der Waals surface area contributed by atoms with Crippen molar-refractivity contribution >= 4 is 17.7 Å². The highest BCUT2D eigenvalue weighted by atomic mass is 32.2. The van der Waals surface area contributed by atoms with Crippen LogP contribution in [0, 0.1) is 0 Å². The molecule has 2 N–H and O–H groups in total. The Morgan fingerprint density at radius 1 is 1.16 bits per heavy atom. The van der Waals surface area contributed by atoms with E-state index in [2.05, 4.69) is 24.3 Å². The van der Waals surface area contributed by atoms with Crippen LogP contribution >= 0.6 is 11.8 Å². The summed E-state index contributed by atoms with van der Waals surface area (Å²) in [7, 11) is 0. The molecule has 0 radical (unpaired) electrons. The molecule has 2 unspecified atom stereocenters. The molecule has 1 heterocycles. The average Bonchev–Trinajstić information content (AvgIpc) is 2.67. The highest BCUT2D eigenvalue weighted by Crippen LogP contribution is 2.25. The van der Waals surface area contributed by atoms with Gasteiger partial charge in [0.05, 0.1) is 0 Å². The van der Waals surface area contributed by atoms with Crippen LogP contribution in [0.5, 0.6) is 0 Å². The van der Waals surface area contributed by atoms with Crippen LogP contribution in [0.4, 0.5) is 0 Å². The van der Waals surface area contributed by atoms with Crippen molar-refractivity contribution in [3.8, 4) is 0 Å². The molecule has 4 heteroatoms. The summed E-state index contributed by atoms with van der Waals surface area (Å²) in [6.07, 6.45) is 3.24. The minimum Gasteiger partial charge on any atom is -0.334 e. The predicted molar refractivity (Wildman–Crippen MR) is 105 cm³/mol. The topological polar surface area (TPSA) is 46.3 Å². The van der Waals surface area contributed by atoms with Gasteiger partial charge in [-0.3, -0.25) is 4.79 Å². The second kappa shape index (κ2) is 8.54. The third-order valence-electron chi connectivity index (χ3n) is 4.77. The number of hydrogen-bond acceptors (Lipinski definition) is 3. The van der Waals surface area contributed by atoms with Gasteiger partial charge >= 0.3 is 0 Å². The summed E-state index contributed by atoms with van der Waals surface area (Å²) in [4.78, 5) is 16.0. The lowest BCUT2D eigenvalue weighted by atomic mass is 9.96. The van der Waals surface area contributed by atoms with Crippen molar-refractivity contribution < 1.29 is 4.79 Å². The maximum absolute atomic E-state index is 12.9. The van der Waals surface area contributed by atoms with E-state index in [1.54, 1.807) is 11.8 Å².